The summed E-state index contributed by atoms with van der Waals surface area (Å²) in [4.78, 5) is 40.1. The van der Waals surface area contributed by atoms with Gasteiger partial charge in [0.05, 0.1) is 17.7 Å². The minimum Gasteiger partial charge on any atom is -0.444 e. The Hall–Kier alpha value is -3.15. The highest BCUT2D eigenvalue weighted by atomic mass is 19.1. The molecular weight excluding hydrogens is 553 g/mol. The van der Waals surface area contributed by atoms with Crippen molar-refractivity contribution in [2.45, 2.75) is 83.2 Å². The highest BCUT2D eigenvalue weighted by Crippen LogP contribution is 2.34. The number of hydrogen-bond acceptors (Lipinski definition) is 8. The van der Waals surface area contributed by atoms with Crippen molar-refractivity contribution in [3.8, 4) is 11.4 Å². The molecule has 2 aromatic rings. The first kappa shape index (κ1) is 31.3. The monoisotopic (exact) mass is 597 g/mol. The Kier molecular flexibility index (Phi) is 9.63. The SMILES string of the molecule is CN(CCOCC1CC1)C(O)c1ccc(-c2ncc(C(=O)N(C3CC3)C3CCN(C(=O)OC(C)(C)C)CC3)cn2)c(F)c1. The van der Waals surface area contributed by atoms with Crippen LogP contribution in [0.25, 0.3) is 11.4 Å². The first-order chi connectivity index (χ1) is 20.5. The van der Waals surface area contributed by atoms with Crippen molar-refractivity contribution in [2.24, 2.45) is 5.92 Å². The molecule has 5 rings (SSSR count). The van der Waals surface area contributed by atoms with Crippen LogP contribution in [0, 0.1) is 11.7 Å². The van der Waals surface area contributed by atoms with Gasteiger partial charge in [-0.05, 0) is 90.0 Å². The van der Waals surface area contributed by atoms with Crippen LogP contribution in [-0.2, 0) is 9.47 Å². The van der Waals surface area contributed by atoms with E-state index < -0.39 is 17.6 Å². The highest BCUT2D eigenvalue weighted by molar-refractivity contribution is 5.94. The molecule has 1 atom stereocenters. The number of amides is 2. The van der Waals surface area contributed by atoms with E-state index in [1.165, 1.54) is 31.3 Å². The number of nitrogens with zero attached hydrogens (tertiary/aromatic N) is 5. The molecule has 1 aliphatic heterocycles. The fourth-order valence-corrected chi connectivity index (χ4v) is 5.36. The largest absolute Gasteiger partial charge is 0.444 e. The second-order valence-electron chi connectivity index (χ2n) is 13.0. The normalized spacial score (nSPS) is 18.5. The average molecular weight is 598 g/mol. The summed E-state index contributed by atoms with van der Waals surface area (Å²) in [6.45, 7) is 8.38. The third-order valence-corrected chi connectivity index (χ3v) is 8.17. The van der Waals surface area contributed by atoms with Crippen LogP contribution in [0.5, 0.6) is 0 Å². The molecule has 2 amide bonds. The third-order valence-electron chi connectivity index (χ3n) is 8.17. The molecule has 2 aliphatic carbocycles. The van der Waals surface area contributed by atoms with E-state index in [-0.39, 0.29) is 35.5 Å². The summed E-state index contributed by atoms with van der Waals surface area (Å²) in [5.74, 6) is 0.151. The lowest BCUT2D eigenvalue weighted by molar-refractivity contribution is -0.00109. The summed E-state index contributed by atoms with van der Waals surface area (Å²) in [5, 5.41) is 10.7. The number of piperidine rings is 1. The molecule has 11 heteroatoms. The number of carbonyl (C=O) groups is 2. The zero-order valence-electron chi connectivity index (χ0n) is 25.7. The molecule has 234 valence electrons. The van der Waals surface area contributed by atoms with Crippen LogP contribution in [0.1, 0.15) is 81.4 Å². The van der Waals surface area contributed by atoms with Gasteiger partial charge in [-0.25, -0.2) is 19.2 Å². The van der Waals surface area contributed by atoms with E-state index in [0.29, 0.717) is 56.1 Å². The summed E-state index contributed by atoms with van der Waals surface area (Å²) in [7, 11) is 1.77. The molecule has 3 aliphatic rings. The van der Waals surface area contributed by atoms with Crippen LogP contribution in [0.4, 0.5) is 9.18 Å². The Morgan fingerprint density at radius 2 is 1.72 bits per heavy atom. The lowest BCUT2D eigenvalue weighted by atomic mass is 10.0. The minimum atomic E-state index is -0.974. The fourth-order valence-electron chi connectivity index (χ4n) is 5.36. The highest BCUT2D eigenvalue weighted by Gasteiger charge is 2.40. The third kappa shape index (κ3) is 8.27. The van der Waals surface area contributed by atoms with E-state index in [9.17, 15) is 14.7 Å². The smallest absolute Gasteiger partial charge is 0.410 e. The van der Waals surface area contributed by atoms with Gasteiger partial charge in [-0.2, -0.15) is 0 Å². The number of benzene rings is 1. The number of aliphatic hydroxyl groups excluding tert-OH is 1. The molecule has 1 aromatic carbocycles. The Morgan fingerprint density at radius 3 is 2.30 bits per heavy atom. The second kappa shape index (κ2) is 13.2. The molecule has 0 radical (unpaired) electrons. The van der Waals surface area contributed by atoms with Crippen molar-refractivity contribution in [3.05, 3.63) is 47.5 Å². The Morgan fingerprint density at radius 1 is 1.07 bits per heavy atom. The summed E-state index contributed by atoms with van der Waals surface area (Å²) in [6.07, 6.45) is 7.30. The summed E-state index contributed by atoms with van der Waals surface area (Å²) >= 11 is 0. The van der Waals surface area contributed by atoms with Crippen LogP contribution in [0.2, 0.25) is 0 Å². The van der Waals surface area contributed by atoms with Gasteiger partial charge in [0.1, 0.15) is 17.6 Å². The van der Waals surface area contributed by atoms with Crippen molar-refractivity contribution < 1.29 is 28.6 Å². The number of halogens is 1. The predicted molar refractivity (Wildman–Crippen MR) is 159 cm³/mol. The van der Waals surface area contributed by atoms with Gasteiger partial charge >= 0.3 is 6.09 Å². The number of likely N-dealkylation sites (tertiary alicyclic amines) is 1. The lowest BCUT2D eigenvalue weighted by Gasteiger charge is -2.39. The number of hydrogen-bond donors (Lipinski definition) is 1. The van der Waals surface area contributed by atoms with E-state index in [4.69, 9.17) is 9.47 Å². The molecule has 1 N–H and O–H groups in total. The molecular formula is C32H44FN5O5. The van der Waals surface area contributed by atoms with Gasteiger partial charge < -0.3 is 24.4 Å². The number of rotatable bonds is 11. The van der Waals surface area contributed by atoms with Crippen molar-refractivity contribution in [3.63, 3.8) is 0 Å². The molecule has 1 unspecified atom stereocenters. The summed E-state index contributed by atoms with van der Waals surface area (Å²) in [6, 6.07) is 4.69. The van der Waals surface area contributed by atoms with E-state index >= 15 is 4.39 Å². The van der Waals surface area contributed by atoms with Gasteiger partial charge in [0.15, 0.2) is 5.82 Å². The number of likely N-dealkylation sites (N-methyl/N-ethyl adjacent to an activating group) is 1. The van der Waals surface area contributed by atoms with Crippen molar-refractivity contribution in [1.29, 1.82) is 0 Å². The van der Waals surface area contributed by atoms with Crippen molar-refractivity contribution >= 4 is 12.0 Å². The van der Waals surface area contributed by atoms with Crippen LogP contribution in [0.15, 0.2) is 30.6 Å². The maximum Gasteiger partial charge on any atom is 0.410 e. The zero-order chi connectivity index (χ0) is 30.7. The molecule has 0 bridgehead atoms. The summed E-state index contributed by atoms with van der Waals surface area (Å²) in [5.41, 5.74) is 0.418. The van der Waals surface area contributed by atoms with Gasteiger partial charge in [0, 0.05) is 50.7 Å². The fraction of sp³-hybridized carbons (Fsp3) is 0.625. The Bertz CT molecular complexity index is 1270. The average Bonchev–Trinajstić information content (AvgIpc) is 3.91. The number of aliphatic hydroxyl groups is 1. The molecule has 3 fully saturated rings. The molecule has 2 saturated carbocycles. The molecule has 1 aromatic heterocycles. The topological polar surface area (TPSA) is 108 Å². The Labute approximate surface area is 253 Å². The van der Waals surface area contributed by atoms with Gasteiger partial charge in [-0.15, -0.1) is 0 Å². The van der Waals surface area contributed by atoms with E-state index in [1.54, 1.807) is 29.0 Å². The molecule has 2 heterocycles. The quantitative estimate of drug-likeness (QED) is 0.295. The van der Waals surface area contributed by atoms with Crippen molar-refractivity contribution in [2.75, 3.05) is 39.9 Å². The van der Waals surface area contributed by atoms with E-state index in [0.717, 1.165) is 19.4 Å². The van der Waals surface area contributed by atoms with E-state index in [2.05, 4.69) is 9.97 Å². The van der Waals surface area contributed by atoms with Gasteiger partial charge in [-0.3, -0.25) is 9.69 Å². The van der Waals surface area contributed by atoms with Crippen LogP contribution >= 0.6 is 0 Å². The number of aromatic nitrogens is 2. The van der Waals surface area contributed by atoms with Crippen molar-refractivity contribution in [1.82, 2.24) is 24.7 Å². The first-order valence-corrected chi connectivity index (χ1v) is 15.4. The molecule has 1 saturated heterocycles. The molecule has 0 spiro atoms. The van der Waals surface area contributed by atoms with Gasteiger partial charge in [0.25, 0.3) is 5.91 Å². The molecule has 10 nitrogen and oxygen atoms in total. The van der Waals surface area contributed by atoms with Gasteiger partial charge in [-0.1, -0.05) is 6.07 Å². The van der Waals surface area contributed by atoms with Crippen LogP contribution in [0.3, 0.4) is 0 Å². The summed E-state index contributed by atoms with van der Waals surface area (Å²) < 4.78 is 26.3. The zero-order valence-corrected chi connectivity index (χ0v) is 25.7. The van der Waals surface area contributed by atoms with Gasteiger partial charge in [0.2, 0.25) is 0 Å². The maximum atomic E-state index is 15.1. The van der Waals surface area contributed by atoms with Crippen LogP contribution in [-0.4, -0.2) is 99.4 Å². The number of ether oxygens (including phenoxy) is 2. The minimum absolute atomic E-state index is 0.0117. The molecule has 43 heavy (non-hydrogen) atoms. The van der Waals surface area contributed by atoms with E-state index in [1.807, 2.05) is 25.7 Å². The first-order valence-electron chi connectivity index (χ1n) is 15.4. The second-order valence-corrected chi connectivity index (χ2v) is 13.0. The standard InChI is InChI=1S/C32H44FN5O5/c1-32(2,3)43-31(41)37-13-11-25(12-14-37)38(24-8-9-24)30(40)23-18-34-28(35-19-23)26-10-7-22(17-27(26)33)29(39)36(4)15-16-42-20-21-5-6-21/h7,10,17-19,21,24-25,29,39H,5-6,8-9,11-16,20H2,1-4H3. The lowest BCUT2D eigenvalue weighted by Crippen LogP contribution is -2.50. The Balaban J connectivity index is 1.18. The number of carbonyl (C=O) groups excluding carboxylic acids is 2. The van der Waals surface area contributed by atoms with Crippen LogP contribution < -0.4 is 0 Å². The maximum absolute atomic E-state index is 15.1. The predicted octanol–water partition coefficient (Wildman–Crippen LogP) is 4.64.